The van der Waals surface area contributed by atoms with Crippen molar-refractivity contribution in [3.8, 4) is 5.75 Å². The molecule has 0 spiro atoms. The van der Waals surface area contributed by atoms with E-state index in [1.165, 1.54) is 41.7 Å². The number of hydrogen-bond acceptors (Lipinski definition) is 23. The molecule has 118 heavy (non-hydrogen) atoms. The summed E-state index contributed by atoms with van der Waals surface area (Å²) in [5.41, 5.74) is 19.3. The van der Waals surface area contributed by atoms with E-state index < -0.39 is 211 Å². The highest BCUT2D eigenvalue weighted by Gasteiger charge is 2.42. The molecule has 1 aliphatic rings. The molecule has 1 fully saturated rings. The smallest absolute Gasteiger partial charge is 0.303 e. The van der Waals surface area contributed by atoms with E-state index in [1.54, 1.807) is 74.6 Å². The molecule has 0 radical (unpaired) electrons. The van der Waals surface area contributed by atoms with Crippen LogP contribution in [0.2, 0.25) is 0 Å². The number of carboxylic acids is 1. The number of imidazole rings is 1. The lowest BCUT2D eigenvalue weighted by Crippen LogP contribution is -2.62. The van der Waals surface area contributed by atoms with Crippen molar-refractivity contribution >= 4 is 131 Å². The number of para-hydroxylation sites is 1. The number of carboxylic acid groups (broad SMARTS) is 1. The number of amides is 14. The third-order valence-electron chi connectivity index (χ3n) is 19.2. The Morgan fingerprint density at radius 2 is 1.02 bits per heavy atom. The van der Waals surface area contributed by atoms with Crippen molar-refractivity contribution in [2.75, 3.05) is 44.4 Å². The van der Waals surface area contributed by atoms with Gasteiger partial charge in [0, 0.05) is 92.6 Å². The van der Waals surface area contributed by atoms with Gasteiger partial charge in [-0.25, -0.2) is 4.98 Å². The fourth-order valence-electron chi connectivity index (χ4n) is 12.8. The number of guanidine groups is 1. The van der Waals surface area contributed by atoms with Gasteiger partial charge in [-0.1, -0.05) is 74.5 Å². The van der Waals surface area contributed by atoms with Crippen LogP contribution in [0.3, 0.4) is 0 Å². The van der Waals surface area contributed by atoms with Crippen LogP contribution in [0.1, 0.15) is 101 Å². The number of aliphatic hydroxyl groups excluding tert-OH is 2. The van der Waals surface area contributed by atoms with Gasteiger partial charge < -0.3 is 122 Å². The first-order valence-electron chi connectivity index (χ1n) is 38.3. The molecule has 642 valence electrons. The Hall–Kier alpha value is -11.9. The lowest BCUT2D eigenvalue weighted by molar-refractivity contribution is -0.142. The number of hydrogen-bond donors (Lipinski definition) is 25. The topological polar surface area (TPSA) is 643 Å². The molecule has 13 atom stereocenters. The number of nitrogens with two attached hydrogens (primary N) is 3. The van der Waals surface area contributed by atoms with Crippen LogP contribution in [0.15, 0.2) is 97.6 Å². The second kappa shape index (κ2) is 48.0. The number of aromatic nitrogens is 3. The number of phenolic OH excluding ortho intramolecular Hbond substituents is 1. The molecule has 40 nitrogen and oxygen atoms in total. The summed E-state index contributed by atoms with van der Waals surface area (Å²) < 4.78 is 0. The molecule has 26 N–H and O–H groups in total. The number of phenols is 1. The zero-order valence-corrected chi connectivity index (χ0v) is 67.2. The van der Waals surface area contributed by atoms with E-state index in [9.17, 15) is 73.2 Å². The lowest BCUT2D eigenvalue weighted by atomic mass is 10.0. The van der Waals surface area contributed by atoms with E-state index in [0.717, 1.165) is 6.92 Å². The Balaban J connectivity index is 1.26. The summed E-state index contributed by atoms with van der Waals surface area (Å²) in [6.07, 6.45) is 2.84. The molecule has 2 aromatic heterocycles. The first-order valence-corrected chi connectivity index (χ1v) is 39.5. The van der Waals surface area contributed by atoms with E-state index in [1.807, 2.05) is 0 Å². The summed E-state index contributed by atoms with van der Waals surface area (Å²) in [6.45, 7) is 2.83. The second-order valence-corrected chi connectivity index (χ2v) is 29.3. The predicted molar refractivity (Wildman–Crippen MR) is 435 cm³/mol. The van der Waals surface area contributed by atoms with E-state index in [0.29, 0.717) is 46.9 Å². The highest BCUT2D eigenvalue weighted by molar-refractivity contribution is 7.80. The number of nitrogens with one attached hydrogen (secondary N) is 16. The number of fused-ring (bicyclic) bond motifs is 1. The minimum atomic E-state index is -1.87. The van der Waals surface area contributed by atoms with E-state index >= 15 is 19.2 Å². The number of H-pyrrole nitrogens is 2. The number of carbonyl (C=O) groups is 15. The highest BCUT2D eigenvalue weighted by atomic mass is 32.1. The molecule has 5 aromatic rings. The predicted octanol–water partition coefficient (Wildman–Crippen LogP) is -5.06. The van der Waals surface area contributed by atoms with Crippen molar-refractivity contribution < 1.29 is 92.3 Å². The number of carbonyl (C=O) groups excluding carboxylic acids is 14. The number of aliphatic hydroxyl groups is 2. The fraction of sp³-hybridized carbons (Fsp3) is 0.487. The number of aromatic hydroxyl groups is 1. The average Bonchev–Trinajstić information content (AvgIpc) is 1.74. The summed E-state index contributed by atoms with van der Waals surface area (Å²) in [5.74, 6) is -16.5. The Kier molecular flexibility index (Phi) is 38.6. The number of nitrogens with zero attached hydrogens (tertiary/aromatic N) is 2. The SMILES string of the molecule is CC(=O)N[C@@H](CO)C(=O)N[C@@H](Cc1ccc(O)cc1)C(=O)N[C@@H](CO)C(=O)N[C@@H](CS)C(=O)N[C@@H](CCC(=O)O)C(=O)N[C@@H](Cc1cnc[nH]1)C(=O)N[C@H](Cc1ccccc1)C(=O)N[C@@H](CCCNC(=N)N)C(=O)N[C@@H](Cc1c[nH]c2ccccc12)C(=O)N[C@@H](CS)C(=O)N[C@@H](CCCCN)C(=O)N1CCC[C@H]1C(=O)N[C@H](C(N)=O)C(C)C. The van der Waals surface area contributed by atoms with Crippen molar-refractivity contribution in [1.29, 1.82) is 5.41 Å². The van der Waals surface area contributed by atoms with Gasteiger partial charge in [-0.2, -0.15) is 25.3 Å². The van der Waals surface area contributed by atoms with Gasteiger partial charge in [0.2, 0.25) is 82.7 Å². The van der Waals surface area contributed by atoms with Crippen LogP contribution in [-0.2, 0) is 97.6 Å². The van der Waals surface area contributed by atoms with Crippen LogP contribution in [0.25, 0.3) is 10.9 Å². The van der Waals surface area contributed by atoms with Gasteiger partial charge in [-0.05, 0) is 98.7 Å². The summed E-state index contributed by atoms with van der Waals surface area (Å²) in [7, 11) is 0. The van der Waals surface area contributed by atoms with E-state index in [-0.39, 0.29) is 87.7 Å². The minimum absolute atomic E-state index is 0.0183. The van der Waals surface area contributed by atoms with E-state index in [4.69, 9.17) is 22.6 Å². The first kappa shape index (κ1) is 95.0. The maximum atomic E-state index is 15.2. The van der Waals surface area contributed by atoms with Gasteiger partial charge in [-0.3, -0.25) is 77.3 Å². The zero-order chi connectivity index (χ0) is 86.7. The molecule has 1 aliphatic heterocycles. The summed E-state index contributed by atoms with van der Waals surface area (Å²) in [4.78, 5) is 221. The molecular formula is C76H107N21O19S2. The number of thiol groups is 2. The molecule has 42 heteroatoms. The minimum Gasteiger partial charge on any atom is -0.508 e. The number of aromatic amines is 2. The number of unbranched alkanes of at least 4 members (excludes halogenated alkanes) is 1. The van der Waals surface area contributed by atoms with Gasteiger partial charge in [0.05, 0.1) is 19.5 Å². The Morgan fingerprint density at radius 1 is 0.551 bits per heavy atom. The largest absolute Gasteiger partial charge is 0.508 e. The lowest BCUT2D eigenvalue weighted by Gasteiger charge is -2.31. The number of likely N-dealkylation sites (tertiary alicyclic amines) is 1. The first-order chi connectivity index (χ1) is 56.3. The number of benzene rings is 3. The Bertz CT molecular complexity index is 4280. The van der Waals surface area contributed by atoms with E-state index in [2.05, 4.69) is 109 Å². The van der Waals surface area contributed by atoms with Gasteiger partial charge in [0.15, 0.2) is 5.96 Å². The summed E-state index contributed by atoms with van der Waals surface area (Å²) >= 11 is 8.64. The van der Waals surface area contributed by atoms with Gasteiger partial charge >= 0.3 is 5.97 Å². The van der Waals surface area contributed by atoms with Crippen molar-refractivity contribution in [3.63, 3.8) is 0 Å². The van der Waals surface area contributed by atoms with Gasteiger partial charge in [-0.15, -0.1) is 0 Å². The number of rotatable bonds is 49. The molecule has 0 unspecified atom stereocenters. The maximum absolute atomic E-state index is 15.2. The summed E-state index contributed by atoms with van der Waals surface area (Å²) in [6, 6.07) is 0.904. The van der Waals surface area contributed by atoms with Crippen molar-refractivity contribution in [3.05, 3.63) is 120 Å². The number of aliphatic carboxylic acids is 1. The zero-order valence-electron chi connectivity index (χ0n) is 65.4. The highest BCUT2D eigenvalue weighted by Crippen LogP contribution is 2.23. The monoisotopic (exact) mass is 1680 g/mol. The Morgan fingerprint density at radius 3 is 1.53 bits per heavy atom. The molecule has 0 bridgehead atoms. The van der Waals surface area contributed by atoms with Gasteiger partial charge in [0.1, 0.15) is 84.3 Å². The molecule has 0 aliphatic carbocycles. The van der Waals surface area contributed by atoms with Crippen LogP contribution < -0.4 is 86.3 Å². The third kappa shape index (κ3) is 30.0. The van der Waals surface area contributed by atoms with Crippen LogP contribution in [-0.4, -0.2) is 258 Å². The van der Waals surface area contributed by atoms with Crippen molar-refractivity contribution in [2.45, 2.75) is 183 Å². The number of primary amides is 1. The second-order valence-electron chi connectivity index (χ2n) is 28.5. The van der Waals surface area contributed by atoms with Crippen molar-refractivity contribution in [2.24, 2.45) is 23.1 Å². The third-order valence-corrected chi connectivity index (χ3v) is 19.9. The molecule has 3 aromatic carbocycles. The maximum Gasteiger partial charge on any atom is 0.303 e. The summed E-state index contributed by atoms with van der Waals surface area (Å²) in [5, 5.41) is 81.4. The average molecular weight is 1680 g/mol. The molecule has 3 heterocycles. The quantitative estimate of drug-likeness (QED) is 0.00750. The molecule has 0 saturated carbocycles. The van der Waals surface area contributed by atoms with Crippen LogP contribution in [0.4, 0.5) is 0 Å². The molecule has 6 rings (SSSR count). The molecule has 1 saturated heterocycles. The molecular weight excluding hydrogens is 1580 g/mol. The molecule has 14 amide bonds. The standard InChI is InChI=1S/C76H107N21O19S2/c1-40(2)62(63(78)104)96-74(115)60-19-12-28-97(60)75(116)51(17-9-10-26-77)88-73(114)59(38-118)94-68(109)54(31-44-33-83-48-16-8-7-15-47(44)48)91-64(105)49(18-11-27-82-76(79)80)86-66(107)52(29-42-13-5-4-6-14-42)89-69(110)55(32-45-34-81-39-84-45)92-65(106)50(24-25-61(102)103)87-72(113)58(37-117)95-71(112)57(36-99)93-67(108)53(30-43-20-22-46(101)23-21-43)90-70(111)56(35-98)85-41(3)100/h4-8,13-16,20-23,33-34,39-40,49-60,62,83,98-99,101,117-118H,9-12,17-19,24-32,35-38,77H2,1-3H3,(H2,78,104)(H,81,84)(H,85,100)(H,86,107)(H,87,113)(H,88,114)(H,89,110)(H,90,111)(H,91,105)(H,92,106)(H,93,108)(H,94,109)(H,95,112)(H,96,115)(H,102,103)(H4,79,80,82)/t49-,50-,51-,52+,53-,54-,55-,56-,57-,58-,59-,60-,62-/m0/s1. The normalized spacial score (nSPS) is 15.5. The van der Waals surface area contributed by atoms with Crippen LogP contribution in [0.5, 0.6) is 5.75 Å². The fourth-order valence-corrected chi connectivity index (χ4v) is 13.4. The van der Waals surface area contributed by atoms with Crippen molar-refractivity contribution in [1.82, 2.24) is 89.0 Å². The Labute approximate surface area is 690 Å². The van der Waals surface area contributed by atoms with Crippen LogP contribution in [0, 0.1) is 11.3 Å². The van der Waals surface area contributed by atoms with Gasteiger partial charge in [0.25, 0.3) is 0 Å². The van der Waals surface area contributed by atoms with Crippen LogP contribution >= 0.6 is 25.3 Å².